The molecule has 3 nitrogen and oxygen atoms in total. The average molecular weight is 314 g/mol. The normalized spacial score (nSPS) is 10.3. The van der Waals surface area contributed by atoms with Crippen LogP contribution in [0.15, 0.2) is 36.4 Å². The number of nitrogen functional groups attached to an aromatic ring is 1. The van der Waals surface area contributed by atoms with Gasteiger partial charge < -0.3 is 10.5 Å². The molecule has 2 aromatic rings. The summed E-state index contributed by atoms with van der Waals surface area (Å²) in [5.74, 6) is -1.23. The molecule has 0 atom stereocenters. The third kappa shape index (κ3) is 3.21. The van der Waals surface area contributed by atoms with Crippen LogP contribution in [0.25, 0.3) is 0 Å². The minimum absolute atomic E-state index is 0.114. The zero-order valence-electron chi connectivity index (χ0n) is 10.2. The van der Waals surface area contributed by atoms with Crippen molar-refractivity contribution in [3.05, 3.63) is 63.4 Å². The maximum Gasteiger partial charge on any atom is 0.340 e. The fraction of sp³-hybridized carbons (Fsp3) is 0.0714. The van der Waals surface area contributed by atoms with E-state index in [1.165, 1.54) is 30.3 Å². The first-order valence-electron chi connectivity index (χ1n) is 5.64. The van der Waals surface area contributed by atoms with Gasteiger partial charge in [0.05, 0.1) is 10.6 Å². The van der Waals surface area contributed by atoms with Crippen LogP contribution in [0.4, 0.5) is 10.1 Å². The predicted molar refractivity (Wildman–Crippen MR) is 76.4 cm³/mol. The first-order chi connectivity index (χ1) is 9.49. The Morgan fingerprint density at radius 3 is 2.70 bits per heavy atom. The van der Waals surface area contributed by atoms with Crippen molar-refractivity contribution >= 4 is 34.9 Å². The number of hydrogen-bond acceptors (Lipinski definition) is 3. The molecule has 0 aliphatic heterocycles. The maximum atomic E-state index is 13.5. The maximum absolute atomic E-state index is 13.5. The lowest BCUT2D eigenvalue weighted by Crippen LogP contribution is -2.09. The van der Waals surface area contributed by atoms with Gasteiger partial charge in [-0.25, -0.2) is 9.18 Å². The van der Waals surface area contributed by atoms with E-state index in [4.69, 9.17) is 33.7 Å². The van der Waals surface area contributed by atoms with Gasteiger partial charge in [0, 0.05) is 16.3 Å². The van der Waals surface area contributed by atoms with E-state index < -0.39 is 11.8 Å². The number of halogens is 3. The fourth-order valence-electron chi connectivity index (χ4n) is 1.59. The molecule has 2 N–H and O–H groups in total. The Hall–Kier alpha value is -1.78. The molecule has 2 rings (SSSR count). The van der Waals surface area contributed by atoms with Crippen molar-refractivity contribution in [1.29, 1.82) is 0 Å². The van der Waals surface area contributed by atoms with Gasteiger partial charge in [-0.15, -0.1) is 0 Å². The van der Waals surface area contributed by atoms with E-state index in [0.29, 0.717) is 5.02 Å². The SMILES string of the molecule is Nc1ccc(Cl)cc1C(=O)OCc1c(F)cccc1Cl. The number of ether oxygens (including phenoxy) is 1. The molecule has 0 saturated carbocycles. The second kappa shape index (κ2) is 6.11. The van der Waals surface area contributed by atoms with Crippen molar-refractivity contribution < 1.29 is 13.9 Å². The fourth-order valence-corrected chi connectivity index (χ4v) is 1.98. The summed E-state index contributed by atoms with van der Waals surface area (Å²) >= 11 is 11.6. The molecule has 0 bridgehead atoms. The van der Waals surface area contributed by atoms with Crippen LogP contribution >= 0.6 is 23.2 Å². The summed E-state index contributed by atoms with van der Waals surface area (Å²) in [6.45, 7) is -0.281. The van der Waals surface area contributed by atoms with Crippen molar-refractivity contribution in [1.82, 2.24) is 0 Å². The van der Waals surface area contributed by atoms with Gasteiger partial charge in [-0.2, -0.15) is 0 Å². The van der Waals surface area contributed by atoms with Crippen LogP contribution in [-0.4, -0.2) is 5.97 Å². The summed E-state index contributed by atoms with van der Waals surface area (Å²) in [5.41, 5.74) is 6.14. The number of esters is 1. The standard InChI is InChI=1S/C14H10Cl2FNO2/c15-8-4-5-13(18)9(6-8)14(19)20-7-10-11(16)2-1-3-12(10)17/h1-6H,7,18H2. The molecule has 0 radical (unpaired) electrons. The number of anilines is 1. The molecule has 0 aliphatic rings. The van der Waals surface area contributed by atoms with Gasteiger partial charge in [-0.05, 0) is 30.3 Å². The molecule has 0 spiro atoms. The van der Waals surface area contributed by atoms with Crippen LogP contribution in [0.3, 0.4) is 0 Å². The lowest BCUT2D eigenvalue weighted by molar-refractivity contribution is 0.0470. The van der Waals surface area contributed by atoms with Crippen LogP contribution in [0.1, 0.15) is 15.9 Å². The third-order valence-corrected chi connectivity index (χ3v) is 3.23. The Labute approximate surface area is 125 Å². The molecule has 104 valence electrons. The van der Waals surface area contributed by atoms with Crippen molar-refractivity contribution in [3.63, 3.8) is 0 Å². The lowest BCUT2D eigenvalue weighted by Gasteiger charge is -2.09. The van der Waals surface area contributed by atoms with E-state index in [0.717, 1.165) is 0 Å². The molecule has 0 fully saturated rings. The summed E-state index contributed by atoms with van der Waals surface area (Å²) in [5, 5.41) is 0.548. The van der Waals surface area contributed by atoms with Crippen LogP contribution in [0, 0.1) is 5.82 Å². The smallest absolute Gasteiger partial charge is 0.340 e. The Morgan fingerprint density at radius 2 is 2.00 bits per heavy atom. The minimum Gasteiger partial charge on any atom is -0.457 e. The highest BCUT2D eigenvalue weighted by atomic mass is 35.5. The molecule has 6 heteroatoms. The number of carbonyl (C=O) groups excluding carboxylic acids is 1. The molecular formula is C14H10Cl2FNO2. The third-order valence-electron chi connectivity index (χ3n) is 2.64. The molecule has 2 aromatic carbocycles. The van der Waals surface area contributed by atoms with Crippen LogP contribution < -0.4 is 5.73 Å². The highest BCUT2D eigenvalue weighted by Gasteiger charge is 2.14. The van der Waals surface area contributed by atoms with Crippen molar-refractivity contribution in [2.24, 2.45) is 0 Å². The van der Waals surface area contributed by atoms with Crippen LogP contribution in [-0.2, 0) is 11.3 Å². The van der Waals surface area contributed by atoms with Gasteiger partial charge in [0.1, 0.15) is 12.4 Å². The van der Waals surface area contributed by atoms with Gasteiger partial charge in [0.2, 0.25) is 0 Å². The summed E-state index contributed by atoms with van der Waals surface area (Å²) in [6, 6.07) is 8.67. The van der Waals surface area contributed by atoms with E-state index >= 15 is 0 Å². The molecule has 20 heavy (non-hydrogen) atoms. The first-order valence-corrected chi connectivity index (χ1v) is 6.39. The van der Waals surface area contributed by atoms with E-state index in [1.807, 2.05) is 0 Å². The Balaban J connectivity index is 2.15. The van der Waals surface area contributed by atoms with E-state index in [-0.39, 0.29) is 28.4 Å². The summed E-state index contributed by atoms with van der Waals surface area (Å²) in [4.78, 5) is 11.9. The summed E-state index contributed by atoms with van der Waals surface area (Å²) in [7, 11) is 0. The Morgan fingerprint density at radius 1 is 1.25 bits per heavy atom. The number of nitrogens with two attached hydrogens (primary N) is 1. The van der Waals surface area contributed by atoms with Crippen LogP contribution in [0.2, 0.25) is 10.0 Å². The molecule has 0 heterocycles. The molecule has 0 amide bonds. The summed E-state index contributed by atoms with van der Waals surface area (Å²) < 4.78 is 18.5. The molecular weight excluding hydrogens is 304 g/mol. The molecule has 0 unspecified atom stereocenters. The zero-order chi connectivity index (χ0) is 14.7. The van der Waals surface area contributed by atoms with Crippen molar-refractivity contribution in [2.45, 2.75) is 6.61 Å². The van der Waals surface area contributed by atoms with Crippen molar-refractivity contribution in [3.8, 4) is 0 Å². The van der Waals surface area contributed by atoms with Crippen LogP contribution in [0.5, 0.6) is 0 Å². The molecule has 0 aromatic heterocycles. The van der Waals surface area contributed by atoms with Gasteiger partial charge in [-0.1, -0.05) is 29.3 Å². The minimum atomic E-state index is -0.690. The average Bonchev–Trinajstić information content (AvgIpc) is 2.40. The summed E-state index contributed by atoms with van der Waals surface area (Å²) in [6.07, 6.45) is 0. The van der Waals surface area contributed by atoms with E-state index in [2.05, 4.69) is 0 Å². The highest BCUT2D eigenvalue weighted by molar-refractivity contribution is 6.31. The number of benzene rings is 2. The largest absolute Gasteiger partial charge is 0.457 e. The monoisotopic (exact) mass is 313 g/mol. The van der Waals surface area contributed by atoms with Crippen molar-refractivity contribution in [2.75, 3.05) is 5.73 Å². The molecule has 0 saturated heterocycles. The van der Waals surface area contributed by atoms with Gasteiger partial charge >= 0.3 is 5.97 Å². The zero-order valence-corrected chi connectivity index (χ0v) is 11.7. The highest BCUT2D eigenvalue weighted by Crippen LogP contribution is 2.22. The second-order valence-corrected chi connectivity index (χ2v) is 4.85. The van der Waals surface area contributed by atoms with E-state index in [9.17, 15) is 9.18 Å². The van der Waals surface area contributed by atoms with Gasteiger partial charge in [0.15, 0.2) is 0 Å². The van der Waals surface area contributed by atoms with Gasteiger partial charge in [0.25, 0.3) is 0 Å². The van der Waals surface area contributed by atoms with E-state index in [1.54, 1.807) is 6.07 Å². The second-order valence-electron chi connectivity index (χ2n) is 4.01. The molecule has 0 aliphatic carbocycles. The number of hydrogen-bond donors (Lipinski definition) is 1. The lowest BCUT2D eigenvalue weighted by atomic mass is 10.2. The Bertz CT molecular complexity index is 641. The number of rotatable bonds is 3. The quantitative estimate of drug-likeness (QED) is 0.686. The first kappa shape index (κ1) is 14.6. The Kier molecular flexibility index (Phi) is 4.47. The predicted octanol–water partition coefficient (Wildman–Crippen LogP) is 4.07. The number of carbonyl (C=O) groups is 1. The topological polar surface area (TPSA) is 52.3 Å². The van der Waals surface area contributed by atoms with Gasteiger partial charge in [-0.3, -0.25) is 0 Å².